The van der Waals surface area contributed by atoms with E-state index in [-0.39, 0.29) is 12.1 Å². The van der Waals surface area contributed by atoms with Gasteiger partial charge in [-0.1, -0.05) is 24.3 Å². The minimum atomic E-state index is -0.0577. The molecule has 0 aliphatic carbocycles. The van der Waals surface area contributed by atoms with Crippen LogP contribution in [0, 0.1) is 0 Å². The van der Waals surface area contributed by atoms with Crippen LogP contribution in [0.2, 0.25) is 0 Å². The highest BCUT2D eigenvalue weighted by Gasteiger charge is 2.26. The predicted molar refractivity (Wildman–Crippen MR) is 106 cm³/mol. The van der Waals surface area contributed by atoms with Crippen molar-refractivity contribution in [3.63, 3.8) is 0 Å². The Balaban J connectivity index is 1.45. The van der Waals surface area contributed by atoms with Crippen LogP contribution in [0.3, 0.4) is 0 Å². The standard InChI is InChI=1S/C21H24N4O2/c26-18-8-3-5-15(13-18)10-11-17-7-1-2-12-25(17)21(27)23-19-9-4-6-16-14-22-24-20(16)19/h3-6,8-9,13-14,17,26H,1-2,7,10-12H2,(H,22,24)(H,23,27)/t17-/m0/s1. The lowest BCUT2D eigenvalue weighted by Gasteiger charge is -2.36. The first-order valence-electron chi connectivity index (χ1n) is 9.48. The Hall–Kier alpha value is -3.02. The van der Waals surface area contributed by atoms with Crippen LogP contribution in [-0.4, -0.2) is 38.8 Å². The molecule has 1 fully saturated rings. The lowest BCUT2D eigenvalue weighted by molar-refractivity contribution is 0.158. The number of phenolic OH excluding ortho intramolecular Hbond substituents is 1. The van der Waals surface area contributed by atoms with Gasteiger partial charge in [0.15, 0.2) is 0 Å². The third-order valence-electron chi connectivity index (χ3n) is 5.28. The van der Waals surface area contributed by atoms with E-state index in [0.29, 0.717) is 5.75 Å². The van der Waals surface area contributed by atoms with E-state index in [0.717, 1.165) is 60.8 Å². The van der Waals surface area contributed by atoms with Gasteiger partial charge in [-0.3, -0.25) is 5.10 Å². The van der Waals surface area contributed by atoms with Crippen LogP contribution < -0.4 is 5.32 Å². The van der Waals surface area contributed by atoms with Gasteiger partial charge in [-0.25, -0.2) is 4.79 Å². The van der Waals surface area contributed by atoms with E-state index in [4.69, 9.17) is 0 Å². The molecule has 1 aliphatic heterocycles. The molecule has 0 saturated carbocycles. The molecule has 1 aromatic heterocycles. The zero-order valence-corrected chi connectivity index (χ0v) is 15.2. The molecule has 4 rings (SSSR count). The summed E-state index contributed by atoms with van der Waals surface area (Å²) in [5, 5.41) is 20.7. The number of rotatable bonds is 4. The third-order valence-corrected chi connectivity index (χ3v) is 5.28. The number of hydrogen-bond acceptors (Lipinski definition) is 3. The number of hydrogen-bond donors (Lipinski definition) is 3. The zero-order valence-electron chi connectivity index (χ0n) is 15.2. The van der Waals surface area contributed by atoms with Crippen LogP contribution in [0.4, 0.5) is 10.5 Å². The van der Waals surface area contributed by atoms with Crippen LogP contribution >= 0.6 is 0 Å². The van der Waals surface area contributed by atoms with Crippen LogP contribution in [0.25, 0.3) is 10.9 Å². The molecule has 140 valence electrons. The fourth-order valence-corrected chi connectivity index (χ4v) is 3.87. The van der Waals surface area contributed by atoms with Crippen molar-refractivity contribution in [3.05, 3.63) is 54.2 Å². The van der Waals surface area contributed by atoms with Gasteiger partial charge in [0.1, 0.15) is 5.75 Å². The summed E-state index contributed by atoms with van der Waals surface area (Å²) in [5.41, 5.74) is 2.70. The van der Waals surface area contributed by atoms with Crippen LogP contribution in [0.15, 0.2) is 48.7 Å². The second kappa shape index (κ2) is 7.70. The second-order valence-corrected chi connectivity index (χ2v) is 7.12. The highest BCUT2D eigenvalue weighted by Crippen LogP contribution is 2.25. The maximum atomic E-state index is 12.9. The number of aromatic hydroxyl groups is 1. The van der Waals surface area contributed by atoms with Gasteiger partial charge >= 0.3 is 6.03 Å². The SMILES string of the molecule is O=C(Nc1cccc2cn[nH]c12)N1CCCC[C@H]1CCc1cccc(O)c1. The number of aryl methyl sites for hydroxylation is 1. The van der Waals surface area contributed by atoms with E-state index >= 15 is 0 Å². The molecular weight excluding hydrogens is 340 g/mol. The number of H-pyrrole nitrogens is 1. The molecule has 0 bridgehead atoms. The summed E-state index contributed by atoms with van der Waals surface area (Å²) in [4.78, 5) is 14.9. The number of carbonyl (C=O) groups is 1. The molecule has 6 nitrogen and oxygen atoms in total. The summed E-state index contributed by atoms with van der Waals surface area (Å²) in [6, 6.07) is 13.3. The number of aromatic amines is 1. The molecule has 0 spiro atoms. The molecule has 6 heteroatoms. The van der Waals surface area contributed by atoms with Gasteiger partial charge in [-0.2, -0.15) is 5.10 Å². The molecule has 2 amide bonds. The van der Waals surface area contributed by atoms with Crippen molar-refractivity contribution in [2.75, 3.05) is 11.9 Å². The number of phenols is 1. The van der Waals surface area contributed by atoms with E-state index in [9.17, 15) is 9.90 Å². The monoisotopic (exact) mass is 364 g/mol. The summed E-state index contributed by atoms with van der Waals surface area (Å²) in [6.07, 6.45) is 6.68. The van der Waals surface area contributed by atoms with Gasteiger partial charge in [-0.15, -0.1) is 0 Å². The average molecular weight is 364 g/mol. The fourth-order valence-electron chi connectivity index (χ4n) is 3.87. The number of likely N-dealkylation sites (tertiary alicyclic amines) is 1. The van der Waals surface area contributed by atoms with Crippen LogP contribution in [-0.2, 0) is 6.42 Å². The molecule has 1 atom stereocenters. The van der Waals surface area contributed by atoms with E-state index in [1.54, 1.807) is 18.3 Å². The number of anilines is 1. The molecule has 27 heavy (non-hydrogen) atoms. The van der Waals surface area contributed by atoms with Gasteiger partial charge < -0.3 is 15.3 Å². The number of nitrogens with zero attached hydrogens (tertiary/aromatic N) is 2. The van der Waals surface area contributed by atoms with Crippen molar-refractivity contribution < 1.29 is 9.90 Å². The Morgan fingerprint density at radius 2 is 2.15 bits per heavy atom. The molecule has 1 saturated heterocycles. The van der Waals surface area contributed by atoms with Crippen molar-refractivity contribution in [2.24, 2.45) is 0 Å². The highest BCUT2D eigenvalue weighted by atomic mass is 16.3. The van der Waals surface area contributed by atoms with Gasteiger partial charge in [0, 0.05) is 18.0 Å². The number of urea groups is 1. The summed E-state index contributed by atoms with van der Waals surface area (Å²) in [6.45, 7) is 0.773. The summed E-state index contributed by atoms with van der Waals surface area (Å²) < 4.78 is 0. The number of carbonyl (C=O) groups excluding carboxylic acids is 1. The van der Waals surface area contributed by atoms with Crippen LogP contribution in [0.5, 0.6) is 5.75 Å². The second-order valence-electron chi connectivity index (χ2n) is 7.12. The molecular formula is C21H24N4O2. The molecule has 3 N–H and O–H groups in total. The van der Waals surface area contributed by atoms with E-state index < -0.39 is 0 Å². The quantitative estimate of drug-likeness (QED) is 0.646. The minimum absolute atomic E-state index is 0.0577. The molecule has 2 aromatic carbocycles. The summed E-state index contributed by atoms with van der Waals surface area (Å²) in [5.74, 6) is 0.290. The van der Waals surface area contributed by atoms with E-state index in [2.05, 4.69) is 15.5 Å². The Morgan fingerprint density at radius 3 is 3.04 bits per heavy atom. The Labute approximate surface area is 158 Å². The van der Waals surface area contributed by atoms with Crippen molar-refractivity contribution in [1.29, 1.82) is 0 Å². The lowest BCUT2D eigenvalue weighted by Crippen LogP contribution is -2.46. The molecule has 0 unspecified atom stereocenters. The highest BCUT2D eigenvalue weighted by molar-refractivity contribution is 5.99. The van der Waals surface area contributed by atoms with E-state index in [1.165, 1.54) is 0 Å². The van der Waals surface area contributed by atoms with Crippen molar-refractivity contribution in [2.45, 2.75) is 38.1 Å². The first-order valence-corrected chi connectivity index (χ1v) is 9.48. The Morgan fingerprint density at radius 1 is 1.26 bits per heavy atom. The zero-order chi connectivity index (χ0) is 18.6. The van der Waals surface area contributed by atoms with Crippen molar-refractivity contribution in [1.82, 2.24) is 15.1 Å². The Kier molecular flexibility index (Phi) is 4.96. The maximum Gasteiger partial charge on any atom is 0.322 e. The Bertz CT molecular complexity index is 937. The summed E-state index contributed by atoms with van der Waals surface area (Å²) >= 11 is 0. The number of fused-ring (bicyclic) bond motifs is 1. The first-order chi connectivity index (χ1) is 13.2. The fraction of sp³-hybridized carbons (Fsp3) is 0.333. The topological polar surface area (TPSA) is 81.2 Å². The molecule has 2 heterocycles. The van der Waals surface area contributed by atoms with Gasteiger partial charge in [0.2, 0.25) is 0 Å². The van der Waals surface area contributed by atoms with Gasteiger partial charge in [-0.05, 0) is 55.9 Å². The van der Waals surface area contributed by atoms with E-state index in [1.807, 2.05) is 35.2 Å². The van der Waals surface area contributed by atoms with Gasteiger partial charge in [0.25, 0.3) is 0 Å². The number of aromatic nitrogens is 2. The maximum absolute atomic E-state index is 12.9. The number of piperidine rings is 1. The van der Waals surface area contributed by atoms with Gasteiger partial charge in [0.05, 0.1) is 17.4 Å². The largest absolute Gasteiger partial charge is 0.508 e. The summed E-state index contributed by atoms with van der Waals surface area (Å²) in [7, 11) is 0. The lowest BCUT2D eigenvalue weighted by atomic mass is 9.96. The number of nitrogens with one attached hydrogen (secondary N) is 2. The third kappa shape index (κ3) is 3.89. The van der Waals surface area contributed by atoms with Crippen molar-refractivity contribution in [3.8, 4) is 5.75 Å². The number of amides is 2. The number of para-hydroxylation sites is 1. The smallest absolute Gasteiger partial charge is 0.322 e. The average Bonchev–Trinajstić information content (AvgIpc) is 3.16. The van der Waals surface area contributed by atoms with Crippen LogP contribution in [0.1, 0.15) is 31.2 Å². The first kappa shape index (κ1) is 17.4. The molecule has 0 radical (unpaired) electrons. The molecule has 3 aromatic rings. The predicted octanol–water partition coefficient (Wildman–Crippen LogP) is 4.29. The minimum Gasteiger partial charge on any atom is -0.508 e. The normalized spacial score (nSPS) is 17.2. The molecule has 1 aliphatic rings. The number of benzene rings is 2. The van der Waals surface area contributed by atoms with Crippen molar-refractivity contribution >= 4 is 22.6 Å².